The third-order valence-electron chi connectivity index (χ3n) is 4.24. The fourth-order valence-electron chi connectivity index (χ4n) is 2.87. The molecule has 0 N–H and O–H groups in total. The van der Waals surface area contributed by atoms with Crippen molar-refractivity contribution in [3.63, 3.8) is 0 Å². The van der Waals surface area contributed by atoms with Crippen molar-refractivity contribution in [1.29, 1.82) is 0 Å². The van der Waals surface area contributed by atoms with E-state index in [2.05, 4.69) is 4.98 Å². The molecule has 0 amide bonds. The maximum atomic E-state index is 11.4. The smallest absolute Gasteiger partial charge is 0.336 e. The number of fused-ring (bicyclic) bond motifs is 1. The van der Waals surface area contributed by atoms with Crippen molar-refractivity contribution < 1.29 is 18.6 Å². The van der Waals surface area contributed by atoms with Crippen LogP contribution in [0.3, 0.4) is 0 Å². The summed E-state index contributed by atoms with van der Waals surface area (Å²) in [7, 11) is 1.62. The quantitative estimate of drug-likeness (QED) is 0.404. The van der Waals surface area contributed by atoms with Crippen LogP contribution < -0.4 is 19.8 Å². The zero-order chi connectivity index (χ0) is 20.2. The second-order valence-corrected chi connectivity index (χ2v) is 7.04. The maximum Gasteiger partial charge on any atom is 0.336 e. The third-order valence-corrected chi connectivity index (χ3v) is 5.18. The Balaban J connectivity index is 1.49. The van der Waals surface area contributed by atoms with Gasteiger partial charge < -0.3 is 18.6 Å². The Morgan fingerprint density at radius 3 is 2.72 bits per heavy atom. The minimum Gasteiger partial charge on any atom is -0.493 e. The Morgan fingerprint density at radius 2 is 1.90 bits per heavy atom. The van der Waals surface area contributed by atoms with Gasteiger partial charge in [-0.3, -0.25) is 0 Å². The van der Waals surface area contributed by atoms with Crippen LogP contribution in [-0.4, -0.2) is 18.7 Å². The highest BCUT2D eigenvalue weighted by Crippen LogP contribution is 2.34. The first-order valence-electron chi connectivity index (χ1n) is 9.08. The lowest BCUT2D eigenvalue weighted by Gasteiger charge is -2.10. The van der Waals surface area contributed by atoms with Gasteiger partial charge in [-0.25, -0.2) is 9.78 Å². The molecular formula is C22H19NO5S. The van der Waals surface area contributed by atoms with Crippen molar-refractivity contribution in [2.75, 3.05) is 13.7 Å². The molecule has 0 saturated heterocycles. The number of hydrogen-bond acceptors (Lipinski definition) is 7. The van der Waals surface area contributed by atoms with Gasteiger partial charge in [-0.15, -0.1) is 11.3 Å². The van der Waals surface area contributed by atoms with Gasteiger partial charge in [-0.05, 0) is 43.3 Å². The van der Waals surface area contributed by atoms with Gasteiger partial charge in [-0.1, -0.05) is 0 Å². The molecule has 148 valence electrons. The molecule has 0 aliphatic carbocycles. The van der Waals surface area contributed by atoms with E-state index in [0.717, 1.165) is 21.7 Å². The Bertz CT molecular complexity index is 1200. The number of rotatable bonds is 7. The van der Waals surface area contributed by atoms with E-state index in [1.54, 1.807) is 19.2 Å². The standard InChI is InChI=1S/C22H19NO5S/c1-3-26-18-8-5-15(10-20(18)25-2)22-23-16(13-29-22)12-27-17-7-4-14-6-9-21(24)28-19(14)11-17/h4-11,13H,3,12H2,1-2H3. The van der Waals surface area contributed by atoms with E-state index in [9.17, 15) is 4.79 Å². The van der Waals surface area contributed by atoms with Gasteiger partial charge in [0.05, 0.1) is 19.4 Å². The van der Waals surface area contributed by atoms with Gasteiger partial charge in [0.15, 0.2) is 11.5 Å². The van der Waals surface area contributed by atoms with Crippen molar-refractivity contribution in [2.24, 2.45) is 0 Å². The molecule has 2 heterocycles. The summed E-state index contributed by atoms with van der Waals surface area (Å²) in [6, 6.07) is 14.3. The molecule has 6 nitrogen and oxygen atoms in total. The van der Waals surface area contributed by atoms with E-state index in [4.69, 9.17) is 18.6 Å². The molecule has 2 aromatic carbocycles. The second kappa shape index (κ2) is 8.36. The number of thiazole rings is 1. The normalized spacial score (nSPS) is 10.8. The van der Waals surface area contributed by atoms with Crippen molar-refractivity contribution in [1.82, 2.24) is 4.98 Å². The molecule has 2 aromatic heterocycles. The van der Waals surface area contributed by atoms with E-state index >= 15 is 0 Å². The van der Waals surface area contributed by atoms with Gasteiger partial charge in [0.25, 0.3) is 0 Å². The molecule has 0 fully saturated rings. The molecule has 0 bridgehead atoms. The van der Waals surface area contributed by atoms with E-state index in [1.807, 2.05) is 42.6 Å². The summed E-state index contributed by atoms with van der Waals surface area (Å²) in [6.45, 7) is 2.82. The highest BCUT2D eigenvalue weighted by Gasteiger charge is 2.11. The maximum absolute atomic E-state index is 11.4. The molecule has 29 heavy (non-hydrogen) atoms. The Labute approximate surface area is 171 Å². The molecule has 0 aliphatic heterocycles. The van der Waals surface area contributed by atoms with Crippen LogP contribution in [0, 0.1) is 0 Å². The average Bonchev–Trinajstić information content (AvgIpc) is 3.21. The molecule has 4 aromatic rings. The molecule has 0 aliphatic rings. The van der Waals surface area contributed by atoms with Gasteiger partial charge >= 0.3 is 5.63 Å². The lowest BCUT2D eigenvalue weighted by Crippen LogP contribution is -1.97. The zero-order valence-corrected chi connectivity index (χ0v) is 16.8. The minimum absolute atomic E-state index is 0.313. The van der Waals surface area contributed by atoms with Crippen LogP contribution in [0.25, 0.3) is 21.5 Å². The Morgan fingerprint density at radius 1 is 1.03 bits per heavy atom. The first-order chi connectivity index (χ1) is 14.2. The summed E-state index contributed by atoms with van der Waals surface area (Å²) in [5.41, 5.74) is 1.88. The van der Waals surface area contributed by atoms with Crippen LogP contribution in [0.1, 0.15) is 12.6 Å². The van der Waals surface area contributed by atoms with E-state index in [0.29, 0.717) is 36.0 Å². The SMILES string of the molecule is CCOc1ccc(-c2nc(COc3ccc4ccc(=O)oc4c3)cs2)cc1OC. The van der Waals surface area contributed by atoms with Gasteiger partial charge in [0.2, 0.25) is 0 Å². The average molecular weight is 409 g/mol. The van der Waals surface area contributed by atoms with Crippen molar-refractivity contribution >= 4 is 22.3 Å². The fraction of sp³-hybridized carbons (Fsp3) is 0.182. The topological polar surface area (TPSA) is 70.8 Å². The largest absolute Gasteiger partial charge is 0.493 e. The highest BCUT2D eigenvalue weighted by molar-refractivity contribution is 7.13. The number of nitrogens with zero attached hydrogens (tertiary/aromatic N) is 1. The number of aromatic nitrogens is 1. The number of ether oxygens (including phenoxy) is 3. The lowest BCUT2D eigenvalue weighted by atomic mass is 10.2. The van der Waals surface area contributed by atoms with Crippen LogP contribution in [0.15, 0.2) is 63.1 Å². The molecule has 0 radical (unpaired) electrons. The second-order valence-electron chi connectivity index (χ2n) is 6.19. The van der Waals surface area contributed by atoms with Crippen LogP contribution in [0.4, 0.5) is 0 Å². The number of benzene rings is 2. The van der Waals surface area contributed by atoms with Crippen molar-refractivity contribution in [3.05, 3.63) is 70.0 Å². The van der Waals surface area contributed by atoms with Crippen LogP contribution in [0.2, 0.25) is 0 Å². The Hall–Kier alpha value is -3.32. The summed E-state index contributed by atoms with van der Waals surface area (Å²) < 4.78 is 22.0. The first kappa shape index (κ1) is 19.0. The first-order valence-corrected chi connectivity index (χ1v) is 9.96. The number of hydrogen-bond donors (Lipinski definition) is 0. The van der Waals surface area contributed by atoms with E-state index in [-0.39, 0.29) is 5.63 Å². The van der Waals surface area contributed by atoms with Crippen LogP contribution in [0.5, 0.6) is 17.2 Å². The molecule has 7 heteroatoms. The summed E-state index contributed by atoms with van der Waals surface area (Å²) >= 11 is 1.53. The Kier molecular flexibility index (Phi) is 5.48. The fourth-order valence-corrected chi connectivity index (χ4v) is 3.67. The molecular weight excluding hydrogens is 390 g/mol. The van der Waals surface area contributed by atoms with Gasteiger partial charge in [0, 0.05) is 28.5 Å². The van der Waals surface area contributed by atoms with Crippen LogP contribution in [-0.2, 0) is 6.61 Å². The van der Waals surface area contributed by atoms with Gasteiger partial charge in [0.1, 0.15) is 22.9 Å². The summed E-state index contributed by atoms with van der Waals surface area (Å²) in [6.07, 6.45) is 0. The monoisotopic (exact) mass is 409 g/mol. The number of methoxy groups -OCH3 is 1. The summed E-state index contributed by atoms with van der Waals surface area (Å²) in [5, 5.41) is 3.67. The lowest BCUT2D eigenvalue weighted by molar-refractivity contribution is 0.302. The van der Waals surface area contributed by atoms with Crippen molar-refractivity contribution in [3.8, 4) is 27.8 Å². The van der Waals surface area contributed by atoms with Crippen molar-refractivity contribution in [2.45, 2.75) is 13.5 Å². The minimum atomic E-state index is -0.385. The van der Waals surface area contributed by atoms with E-state index < -0.39 is 0 Å². The van der Waals surface area contributed by atoms with E-state index in [1.165, 1.54) is 17.4 Å². The highest BCUT2D eigenvalue weighted by atomic mass is 32.1. The summed E-state index contributed by atoms with van der Waals surface area (Å²) in [4.78, 5) is 16.0. The molecule has 4 rings (SSSR count). The summed E-state index contributed by atoms with van der Waals surface area (Å²) in [5.74, 6) is 2.00. The molecule has 0 saturated carbocycles. The predicted molar refractivity (Wildman–Crippen MR) is 112 cm³/mol. The third kappa shape index (κ3) is 4.25. The predicted octanol–water partition coefficient (Wildman–Crippen LogP) is 4.90. The molecule has 0 spiro atoms. The van der Waals surface area contributed by atoms with Gasteiger partial charge in [-0.2, -0.15) is 0 Å². The molecule has 0 atom stereocenters. The van der Waals surface area contributed by atoms with Crippen LogP contribution >= 0.6 is 11.3 Å². The molecule has 0 unspecified atom stereocenters. The zero-order valence-electron chi connectivity index (χ0n) is 16.0.